The third kappa shape index (κ3) is 4.15. The highest BCUT2D eigenvalue weighted by molar-refractivity contribution is 7.94. The van der Waals surface area contributed by atoms with Gasteiger partial charge in [0.2, 0.25) is 0 Å². The predicted molar refractivity (Wildman–Crippen MR) is 146 cm³/mol. The molecular formula is C22H35N5O6P4. The van der Waals surface area contributed by atoms with Gasteiger partial charge in [-0.25, -0.2) is 9.13 Å². The molecule has 2 fully saturated rings. The van der Waals surface area contributed by atoms with Gasteiger partial charge in [0, 0.05) is 32.7 Å². The van der Waals surface area contributed by atoms with Crippen LogP contribution in [0.3, 0.4) is 0 Å². The largest absolute Gasteiger partial charge is 0.421 e. The van der Waals surface area contributed by atoms with Gasteiger partial charge in [0.05, 0.1) is 0 Å². The molecule has 0 aromatic heterocycles. The van der Waals surface area contributed by atoms with Crippen LogP contribution in [0.4, 0.5) is 0 Å². The highest BCUT2D eigenvalue weighted by Crippen LogP contribution is 2.96. The lowest BCUT2D eigenvalue weighted by Crippen LogP contribution is -2.55. The van der Waals surface area contributed by atoms with Crippen LogP contribution >= 0.6 is 30.5 Å². The Bertz CT molecular complexity index is 1160. The van der Waals surface area contributed by atoms with Gasteiger partial charge in [-0.2, -0.15) is 4.44 Å². The minimum absolute atomic E-state index is 0.0301. The van der Waals surface area contributed by atoms with Gasteiger partial charge in [-0.1, -0.05) is 71.0 Å². The van der Waals surface area contributed by atoms with Crippen molar-refractivity contribution in [2.75, 3.05) is 32.7 Å². The van der Waals surface area contributed by atoms with E-state index in [1.165, 1.54) is 22.2 Å². The Balaban J connectivity index is 2.02. The first-order valence-electron chi connectivity index (χ1n) is 12.4. The lowest BCUT2D eigenvalue weighted by atomic mass is 10.3. The third-order valence-corrected chi connectivity index (χ3v) is 22.9. The van der Waals surface area contributed by atoms with Crippen LogP contribution < -0.4 is 9.05 Å². The lowest BCUT2D eigenvalue weighted by Gasteiger charge is -2.62. The molecule has 2 saturated heterocycles. The molecule has 0 atom stereocenters. The number of rotatable bonds is 9. The molecule has 0 radical (unpaired) electrons. The van der Waals surface area contributed by atoms with Gasteiger partial charge in [-0.3, -0.25) is 9.13 Å². The minimum atomic E-state index is -4.22. The van der Waals surface area contributed by atoms with E-state index in [9.17, 15) is 9.13 Å². The molecule has 0 saturated carbocycles. The minimum Gasteiger partial charge on any atom is -0.421 e. The van der Waals surface area contributed by atoms with Crippen LogP contribution in [0.1, 0.15) is 34.6 Å². The second kappa shape index (κ2) is 10.7. The van der Waals surface area contributed by atoms with Gasteiger partial charge in [0.1, 0.15) is 11.5 Å². The van der Waals surface area contributed by atoms with E-state index >= 15 is 9.13 Å². The quantitative estimate of drug-likeness (QED) is 0.277. The Morgan fingerprint density at radius 2 is 0.757 bits per heavy atom. The number of para-hydroxylation sites is 2. The maximum absolute atomic E-state index is 15.3. The molecule has 0 aliphatic carbocycles. The molecular weight excluding hydrogens is 554 g/mol. The highest BCUT2D eigenvalue weighted by atomic mass is 31.3. The zero-order valence-corrected chi connectivity index (χ0v) is 25.4. The van der Waals surface area contributed by atoms with Gasteiger partial charge in [-0.05, 0) is 24.3 Å². The van der Waals surface area contributed by atoms with Crippen molar-refractivity contribution in [2.24, 2.45) is 0 Å². The van der Waals surface area contributed by atoms with Crippen LogP contribution in [0, 0.1) is 0 Å². The molecule has 2 heterocycles. The molecule has 4 rings (SSSR count). The van der Waals surface area contributed by atoms with Crippen LogP contribution in [0.15, 0.2) is 60.7 Å². The van der Waals surface area contributed by atoms with Gasteiger partial charge in [0.15, 0.2) is 0 Å². The van der Waals surface area contributed by atoms with Crippen LogP contribution in [-0.2, 0) is 18.3 Å². The maximum Gasteiger partial charge on any atom is 0.411 e. The summed E-state index contributed by atoms with van der Waals surface area (Å²) in [4.78, 5) is 0. The average molecular weight is 589 g/mol. The third-order valence-electron chi connectivity index (χ3n) is 6.32. The topological polar surface area (TPSA) is 103 Å². The SMILES string of the molecule is CCN1P(=O)(Oc2ccccc2)N(CC)P2(=O)N(CC)P(=O)(Oc3ccccc3)N(CC)P1(=O)N2CC. The first-order chi connectivity index (χ1) is 17.6. The fraction of sp³-hybridized carbons (Fsp3) is 0.455. The van der Waals surface area contributed by atoms with Gasteiger partial charge in [0.25, 0.3) is 0 Å². The number of hydrogen-bond donors (Lipinski definition) is 0. The highest BCUT2D eigenvalue weighted by Gasteiger charge is 2.77. The van der Waals surface area contributed by atoms with E-state index < -0.39 is 30.5 Å². The maximum atomic E-state index is 15.3. The van der Waals surface area contributed by atoms with Crippen LogP contribution in [0.5, 0.6) is 11.5 Å². The normalized spacial score (nSPS) is 33.9. The smallest absolute Gasteiger partial charge is 0.411 e. The van der Waals surface area contributed by atoms with E-state index in [2.05, 4.69) is 0 Å². The van der Waals surface area contributed by atoms with Crippen molar-refractivity contribution in [3.8, 4) is 11.5 Å². The molecule has 2 aliphatic rings. The Morgan fingerprint density at radius 1 is 0.486 bits per heavy atom. The summed E-state index contributed by atoms with van der Waals surface area (Å²) in [6, 6.07) is 17.1. The van der Waals surface area contributed by atoms with E-state index in [4.69, 9.17) is 9.05 Å². The first kappa shape index (κ1) is 28.8. The van der Waals surface area contributed by atoms with E-state index in [0.717, 1.165) is 0 Å². The fourth-order valence-corrected chi connectivity index (χ4v) is 24.2. The van der Waals surface area contributed by atoms with Gasteiger partial charge >= 0.3 is 30.5 Å². The van der Waals surface area contributed by atoms with Crippen molar-refractivity contribution in [1.29, 1.82) is 0 Å². The molecule has 0 N–H and O–H groups in total. The summed E-state index contributed by atoms with van der Waals surface area (Å²) in [5.74, 6) is 0.586. The van der Waals surface area contributed by atoms with Gasteiger partial charge in [-0.15, -0.1) is 17.8 Å². The zero-order chi connectivity index (χ0) is 27.1. The van der Waals surface area contributed by atoms with Crippen molar-refractivity contribution >= 4 is 30.5 Å². The van der Waals surface area contributed by atoms with Crippen molar-refractivity contribution in [1.82, 2.24) is 22.2 Å². The standard InChI is InChI=1S/C22H35N5O6P4/c1-6-23-34(28)24(7-2)36(30,32-21-17-13-11-14-18-21)26(9-4)35(23,29)27(10-5)37(31,25(34)8-3)33-22-19-15-12-16-20-22/h11-20H,6-10H2,1-5H3. The van der Waals surface area contributed by atoms with E-state index in [0.29, 0.717) is 11.5 Å². The molecule has 0 unspecified atom stereocenters. The summed E-state index contributed by atoms with van der Waals surface area (Å²) in [5, 5.41) is 0. The van der Waals surface area contributed by atoms with Crippen LogP contribution in [0.25, 0.3) is 0 Å². The van der Waals surface area contributed by atoms with Crippen molar-refractivity contribution in [3.63, 3.8) is 0 Å². The average Bonchev–Trinajstić information content (AvgIpc) is 2.85. The number of hydrogen-bond acceptors (Lipinski definition) is 6. The first-order valence-corrected chi connectivity index (χ1v) is 18.6. The van der Waals surface area contributed by atoms with Crippen LogP contribution in [-0.4, -0.2) is 54.9 Å². The summed E-state index contributed by atoms with van der Waals surface area (Å²) in [6.07, 6.45) is 0. The number of nitrogens with zero attached hydrogens (tertiary/aromatic N) is 5. The molecule has 2 aromatic rings. The monoisotopic (exact) mass is 589 g/mol. The molecule has 204 valence electrons. The summed E-state index contributed by atoms with van der Waals surface area (Å²) < 4.78 is 79.4. The van der Waals surface area contributed by atoms with Crippen molar-refractivity contribution < 1.29 is 27.3 Å². The Hall–Kier alpha value is -1.24. The molecule has 0 spiro atoms. The molecule has 0 amide bonds. The summed E-state index contributed by atoms with van der Waals surface area (Å²) in [5.41, 5.74) is 0. The summed E-state index contributed by atoms with van der Waals surface area (Å²) in [7, 11) is -16.8. The number of fused-ring (bicyclic) bond motifs is 2. The van der Waals surface area contributed by atoms with Crippen LogP contribution in [0.2, 0.25) is 0 Å². The Kier molecular flexibility index (Phi) is 8.34. The van der Waals surface area contributed by atoms with Crippen molar-refractivity contribution in [3.05, 3.63) is 60.7 Å². The van der Waals surface area contributed by atoms with E-state index in [1.54, 1.807) is 95.3 Å². The second-order valence-corrected chi connectivity index (χ2v) is 19.0. The Labute approximate surface area is 219 Å². The summed E-state index contributed by atoms with van der Waals surface area (Å²) in [6.45, 7) is 8.80. The molecule has 2 aliphatic heterocycles. The molecule has 15 heteroatoms. The zero-order valence-electron chi connectivity index (χ0n) is 21.8. The Morgan fingerprint density at radius 3 is 1.00 bits per heavy atom. The molecule has 37 heavy (non-hydrogen) atoms. The molecule has 11 nitrogen and oxygen atoms in total. The fourth-order valence-electron chi connectivity index (χ4n) is 4.94. The second-order valence-electron chi connectivity index (χ2n) is 8.26. The molecule has 2 aromatic carbocycles. The molecule has 2 bridgehead atoms. The van der Waals surface area contributed by atoms with E-state index in [-0.39, 0.29) is 32.7 Å². The lowest BCUT2D eigenvalue weighted by molar-refractivity contribution is 0.271. The van der Waals surface area contributed by atoms with E-state index in [1.807, 2.05) is 0 Å². The number of benzene rings is 2. The van der Waals surface area contributed by atoms with Crippen molar-refractivity contribution in [2.45, 2.75) is 34.6 Å². The van der Waals surface area contributed by atoms with Gasteiger partial charge < -0.3 is 9.05 Å². The predicted octanol–water partition coefficient (Wildman–Crippen LogP) is 7.21. The summed E-state index contributed by atoms with van der Waals surface area (Å²) >= 11 is 0.